The quantitative estimate of drug-likeness (QED) is 0.857. The van der Waals surface area contributed by atoms with Gasteiger partial charge < -0.3 is 4.90 Å². The first-order valence-corrected chi connectivity index (χ1v) is 10.0. The van der Waals surface area contributed by atoms with Crippen LogP contribution in [0.25, 0.3) is 0 Å². The first kappa shape index (κ1) is 15.9. The van der Waals surface area contributed by atoms with Crippen molar-refractivity contribution in [1.29, 1.82) is 0 Å². The van der Waals surface area contributed by atoms with Gasteiger partial charge in [0.1, 0.15) is 5.82 Å². The van der Waals surface area contributed by atoms with Gasteiger partial charge in [-0.05, 0) is 68.3 Å². The third-order valence-corrected chi connectivity index (χ3v) is 6.84. The summed E-state index contributed by atoms with van der Waals surface area (Å²) in [6.45, 7) is 2.97. The Labute approximate surface area is 132 Å². The summed E-state index contributed by atoms with van der Waals surface area (Å²) >= 11 is 0. The van der Waals surface area contributed by atoms with E-state index in [4.69, 9.17) is 0 Å². The van der Waals surface area contributed by atoms with E-state index in [1.54, 1.807) is 12.1 Å². The second-order valence-electron chi connectivity index (χ2n) is 6.75. The summed E-state index contributed by atoms with van der Waals surface area (Å²) in [5.74, 6) is 1.36. The zero-order valence-electron chi connectivity index (χ0n) is 12.9. The van der Waals surface area contributed by atoms with E-state index in [1.165, 1.54) is 5.56 Å². The van der Waals surface area contributed by atoms with Gasteiger partial charge in [0, 0.05) is 6.54 Å². The van der Waals surface area contributed by atoms with Crippen LogP contribution in [0.5, 0.6) is 0 Å². The number of nitrogens with zero attached hydrogens (tertiary/aromatic N) is 1. The zero-order valence-corrected chi connectivity index (χ0v) is 13.7. The summed E-state index contributed by atoms with van der Waals surface area (Å²) in [7, 11) is -2.78. The molecule has 2 fully saturated rings. The summed E-state index contributed by atoms with van der Waals surface area (Å²) in [5, 5.41) is 0. The van der Waals surface area contributed by atoms with Gasteiger partial charge in [0.25, 0.3) is 0 Å². The number of benzene rings is 1. The summed E-state index contributed by atoms with van der Waals surface area (Å²) in [5.41, 5.74) is 1.23. The lowest BCUT2D eigenvalue weighted by Crippen LogP contribution is -2.31. The summed E-state index contributed by atoms with van der Waals surface area (Å²) < 4.78 is 36.2. The molecule has 0 spiro atoms. The van der Waals surface area contributed by atoms with Crippen LogP contribution in [0.3, 0.4) is 0 Å². The van der Waals surface area contributed by atoms with Crippen LogP contribution in [0.1, 0.15) is 37.2 Å². The van der Waals surface area contributed by atoms with Crippen LogP contribution in [0.2, 0.25) is 0 Å². The van der Waals surface area contributed by atoms with E-state index in [0.29, 0.717) is 23.3 Å². The predicted octanol–water partition coefficient (Wildman–Crippen LogP) is 2.83. The average molecular weight is 325 g/mol. The maximum absolute atomic E-state index is 13.0. The first-order chi connectivity index (χ1) is 10.5. The van der Waals surface area contributed by atoms with Gasteiger partial charge in [-0.3, -0.25) is 0 Å². The van der Waals surface area contributed by atoms with Crippen LogP contribution >= 0.6 is 0 Å². The third kappa shape index (κ3) is 4.07. The number of rotatable bonds is 3. The fraction of sp³-hybridized carbons (Fsp3) is 0.647. The van der Waals surface area contributed by atoms with Crippen LogP contribution in [0.4, 0.5) is 4.39 Å². The highest BCUT2D eigenvalue weighted by Crippen LogP contribution is 2.29. The van der Waals surface area contributed by atoms with Crippen molar-refractivity contribution in [1.82, 2.24) is 4.90 Å². The van der Waals surface area contributed by atoms with Gasteiger partial charge >= 0.3 is 0 Å². The SMILES string of the molecule is O=S1(=O)CCC(CN2CCCC(c3ccc(F)cc3)CC2)C1. The number of likely N-dealkylation sites (tertiary alicyclic amines) is 1. The van der Waals surface area contributed by atoms with Gasteiger partial charge in [0.15, 0.2) is 9.84 Å². The lowest BCUT2D eigenvalue weighted by atomic mass is 9.92. The van der Waals surface area contributed by atoms with Gasteiger partial charge in [0.05, 0.1) is 11.5 Å². The highest BCUT2D eigenvalue weighted by Gasteiger charge is 2.30. The van der Waals surface area contributed by atoms with Gasteiger partial charge in [-0.25, -0.2) is 12.8 Å². The van der Waals surface area contributed by atoms with Crippen LogP contribution in [-0.2, 0) is 9.84 Å². The number of hydrogen-bond donors (Lipinski definition) is 0. The Balaban J connectivity index is 1.55. The molecule has 2 saturated heterocycles. The maximum Gasteiger partial charge on any atom is 0.150 e. The maximum atomic E-state index is 13.0. The Morgan fingerprint density at radius 1 is 1.09 bits per heavy atom. The zero-order chi connectivity index (χ0) is 15.6. The number of hydrogen-bond acceptors (Lipinski definition) is 3. The van der Waals surface area contributed by atoms with E-state index in [2.05, 4.69) is 4.90 Å². The molecular formula is C17H24FNO2S. The van der Waals surface area contributed by atoms with Crippen molar-refractivity contribution in [2.45, 2.75) is 31.6 Å². The Kier molecular flexibility index (Phi) is 4.83. The molecule has 0 bridgehead atoms. The van der Waals surface area contributed by atoms with Crippen LogP contribution < -0.4 is 0 Å². The topological polar surface area (TPSA) is 37.4 Å². The first-order valence-electron chi connectivity index (χ1n) is 8.20. The molecule has 2 heterocycles. The Morgan fingerprint density at radius 3 is 2.55 bits per heavy atom. The molecule has 0 aliphatic carbocycles. The normalized spacial score (nSPS) is 29.3. The molecule has 2 unspecified atom stereocenters. The molecule has 2 atom stereocenters. The number of sulfone groups is 1. The molecule has 5 heteroatoms. The Hall–Kier alpha value is -0.940. The Bertz CT molecular complexity index is 600. The molecule has 22 heavy (non-hydrogen) atoms. The van der Waals surface area contributed by atoms with Crippen molar-refractivity contribution < 1.29 is 12.8 Å². The second-order valence-corrected chi connectivity index (χ2v) is 8.98. The lowest BCUT2D eigenvalue weighted by Gasteiger charge is -2.23. The van der Waals surface area contributed by atoms with Crippen LogP contribution in [0, 0.1) is 11.7 Å². The third-order valence-electron chi connectivity index (χ3n) is 5.01. The molecule has 0 aromatic heterocycles. The van der Waals surface area contributed by atoms with E-state index in [1.807, 2.05) is 12.1 Å². The van der Waals surface area contributed by atoms with E-state index >= 15 is 0 Å². The van der Waals surface area contributed by atoms with Crippen LogP contribution in [-0.4, -0.2) is 44.5 Å². The van der Waals surface area contributed by atoms with Crippen molar-refractivity contribution in [3.05, 3.63) is 35.6 Å². The molecule has 0 amide bonds. The fourth-order valence-electron chi connectivity index (χ4n) is 3.79. The molecule has 1 aromatic carbocycles. The molecule has 0 radical (unpaired) electrons. The van der Waals surface area contributed by atoms with E-state index < -0.39 is 9.84 Å². The van der Waals surface area contributed by atoms with Gasteiger partial charge in [0.2, 0.25) is 0 Å². The minimum atomic E-state index is -2.78. The van der Waals surface area contributed by atoms with Crippen molar-refractivity contribution >= 4 is 9.84 Å². The minimum Gasteiger partial charge on any atom is -0.303 e. The summed E-state index contributed by atoms with van der Waals surface area (Å²) in [6.07, 6.45) is 4.15. The monoisotopic (exact) mass is 325 g/mol. The van der Waals surface area contributed by atoms with E-state index in [9.17, 15) is 12.8 Å². The molecule has 122 valence electrons. The molecule has 0 saturated carbocycles. The second kappa shape index (κ2) is 6.67. The lowest BCUT2D eigenvalue weighted by molar-refractivity contribution is 0.247. The molecule has 0 N–H and O–H groups in total. The molecule has 3 nitrogen and oxygen atoms in total. The molecule has 2 aliphatic heterocycles. The van der Waals surface area contributed by atoms with Crippen molar-refractivity contribution in [2.75, 3.05) is 31.1 Å². The van der Waals surface area contributed by atoms with Crippen molar-refractivity contribution in [2.24, 2.45) is 5.92 Å². The largest absolute Gasteiger partial charge is 0.303 e. The minimum absolute atomic E-state index is 0.179. The smallest absolute Gasteiger partial charge is 0.150 e. The van der Waals surface area contributed by atoms with Gasteiger partial charge in [-0.1, -0.05) is 12.1 Å². The van der Waals surface area contributed by atoms with Gasteiger partial charge in [-0.15, -0.1) is 0 Å². The number of halogens is 1. The molecule has 3 rings (SSSR count). The van der Waals surface area contributed by atoms with Crippen LogP contribution in [0.15, 0.2) is 24.3 Å². The van der Waals surface area contributed by atoms with Crippen molar-refractivity contribution in [3.63, 3.8) is 0 Å². The van der Waals surface area contributed by atoms with Gasteiger partial charge in [-0.2, -0.15) is 0 Å². The fourth-order valence-corrected chi connectivity index (χ4v) is 5.64. The standard InChI is InChI=1S/C17H24FNO2S/c18-17-5-3-16(4-6-17)15-2-1-9-19(10-7-15)12-14-8-11-22(20,21)13-14/h3-6,14-15H,1-2,7-13H2. The van der Waals surface area contributed by atoms with E-state index in [-0.39, 0.29) is 5.82 Å². The van der Waals surface area contributed by atoms with Crippen molar-refractivity contribution in [3.8, 4) is 0 Å². The molecular weight excluding hydrogens is 301 g/mol. The predicted molar refractivity (Wildman–Crippen MR) is 86.2 cm³/mol. The summed E-state index contributed by atoms with van der Waals surface area (Å²) in [6, 6.07) is 6.89. The Morgan fingerprint density at radius 2 is 1.86 bits per heavy atom. The molecule has 1 aromatic rings. The summed E-state index contributed by atoms with van der Waals surface area (Å²) in [4.78, 5) is 2.43. The average Bonchev–Trinajstić information content (AvgIpc) is 2.69. The highest BCUT2D eigenvalue weighted by atomic mass is 32.2. The van der Waals surface area contributed by atoms with E-state index in [0.717, 1.165) is 45.3 Å². The highest BCUT2D eigenvalue weighted by molar-refractivity contribution is 7.91. The molecule has 2 aliphatic rings.